The molecule has 21 heavy (non-hydrogen) atoms. The number of Topliss-reactive ketones (excluding diaryl/α,β-unsaturated/α-hetero) is 1. The van der Waals surface area contributed by atoms with E-state index < -0.39 is 0 Å². The molecule has 0 saturated heterocycles. The number of carbonyl (C=O) groups excluding carboxylic acids is 1. The van der Waals surface area contributed by atoms with Gasteiger partial charge in [0.05, 0.1) is 19.3 Å². The first kappa shape index (κ1) is 15.1. The Morgan fingerprint density at radius 2 is 1.95 bits per heavy atom. The van der Waals surface area contributed by atoms with Crippen LogP contribution in [0.4, 0.5) is 5.69 Å². The van der Waals surface area contributed by atoms with Crippen LogP contribution in [0.3, 0.4) is 0 Å². The van der Waals surface area contributed by atoms with Crippen LogP contribution in [0, 0.1) is 0 Å². The van der Waals surface area contributed by atoms with E-state index in [0.29, 0.717) is 17.0 Å². The molecule has 2 aromatic rings. The molecule has 0 radical (unpaired) electrons. The number of carbonyl (C=O) groups is 1. The van der Waals surface area contributed by atoms with E-state index in [9.17, 15) is 4.79 Å². The van der Waals surface area contributed by atoms with Crippen molar-refractivity contribution in [2.45, 2.75) is 13.0 Å². The van der Waals surface area contributed by atoms with Gasteiger partial charge in [0, 0.05) is 11.6 Å². The van der Waals surface area contributed by atoms with E-state index in [-0.39, 0.29) is 18.4 Å². The molecule has 0 aliphatic heterocycles. The molecule has 2 rings (SSSR count). The van der Waals surface area contributed by atoms with Gasteiger partial charge in [-0.3, -0.25) is 4.79 Å². The quantitative estimate of drug-likeness (QED) is 0.632. The third kappa shape index (κ3) is 3.83. The predicted octanol–water partition coefficient (Wildman–Crippen LogP) is 2.81. The average molecular weight is 284 g/mol. The molecule has 1 atom stereocenters. The van der Waals surface area contributed by atoms with E-state index in [0.717, 1.165) is 5.56 Å². The fourth-order valence-corrected chi connectivity index (χ4v) is 2.12. The minimum absolute atomic E-state index is 0.00661. The van der Waals surface area contributed by atoms with E-state index in [2.05, 4.69) is 5.32 Å². The largest absolute Gasteiger partial charge is 0.495 e. The summed E-state index contributed by atoms with van der Waals surface area (Å²) in [6, 6.07) is 15.2. The summed E-state index contributed by atoms with van der Waals surface area (Å²) in [7, 11) is 1.55. The summed E-state index contributed by atoms with van der Waals surface area (Å²) >= 11 is 0. The van der Waals surface area contributed by atoms with Gasteiger partial charge in [-0.2, -0.15) is 0 Å². The van der Waals surface area contributed by atoms with Crippen molar-refractivity contribution in [3.8, 4) is 5.75 Å². The second kappa shape index (κ2) is 6.90. The van der Waals surface area contributed by atoms with Crippen molar-refractivity contribution < 1.29 is 9.53 Å². The Hall–Kier alpha value is -2.33. The third-order valence-electron chi connectivity index (χ3n) is 3.42. The molecule has 0 amide bonds. The number of nitrogens with one attached hydrogen (secondary N) is 1. The zero-order valence-corrected chi connectivity index (χ0v) is 12.3. The van der Waals surface area contributed by atoms with Crippen molar-refractivity contribution in [2.75, 3.05) is 19.4 Å². The molecule has 110 valence electrons. The molecule has 4 heteroatoms. The lowest BCUT2D eigenvalue weighted by atomic mass is 10.1. The lowest BCUT2D eigenvalue weighted by Crippen LogP contribution is -2.26. The average Bonchev–Trinajstić information content (AvgIpc) is 2.53. The Morgan fingerprint density at radius 3 is 2.57 bits per heavy atom. The first-order chi connectivity index (χ1) is 10.1. The lowest BCUT2D eigenvalue weighted by Gasteiger charge is -2.14. The summed E-state index contributed by atoms with van der Waals surface area (Å²) in [4.78, 5) is 12.2. The van der Waals surface area contributed by atoms with Crippen molar-refractivity contribution in [3.05, 3.63) is 59.7 Å². The van der Waals surface area contributed by atoms with Gasteiger partial charge in [-0.25, -0.2) is 0 Å². The highest BCUT2D eigenvalue weighted by Gasteiger charge is 2.11. The molecule has 1 unspecified atom stereocenters. The minimum atomic E-state index is 0.00661. The molecule has 0 fully saturated rings. The molecule has 2 aromatic carbocycles. The molecule has 3 N–H and O–H groups in total. The number of rotatable bonds is 6. The summed E-state index contributed by atoms with van der Waals surface area (Å²) in [6.45, 7) is 2.30. The number of anilines is 1. The van der Waals surface area contributed by atoms with E-state index >= 15 is 0 Å². The van der Waals surface area contributed by atoms with Crippen LogP contribution in [-0.4, -0.2) is 19.4 Å². The number of ether oxygens (including phenoxy) is 1. The summed E-state index contributed by atoms with van der Waals surface area (Å²) in [5, 5.41) is 3.22. The number of hydrogen-bond donors (Lipinski definition) is 2. The van der Waals surface area contributed by atoms with Crippen LogP contribution in [0.15, 0.2) is 48.5 Å². The van der Waals surface area contributed by atoms with Crippen molar-refractivity contribution in [2.24, 2.45) is 0 Å². The number of nitrogen functional groups attached to an aromatic ring is 1. The predicted molar refractivity (Wildman–Crippen MR) is 84.6 cm³/mol. The van der Waals surface area contributed by atoms with Crippen LogP contribution >= 0.6 is 0 Å². The monoisotopic (exact) mass is 284 g/mol. The summed E-state index contributed by atoms with van der Waals surface area (Å²) in [6.07, 6.45) is 0. The first-order valence-corrected chi connectivity index (χ1v) is 6.87. The minimum Gasteiger partial charge on any atom is -0.495 e. The van der Waals surface area contributed by atoms with Gasteiger partial charge in [-0.05, 0) is 30.7 Å². The highest BCUT2D eigenvalue weighted by atomic mass is 16.5. The first-order valence-electron chi connectivity index (χ1n) is 6.87. The second-order valence-electron chi connectivity index (χ2n) is 4.89. The molecule has 4 nitrogen and oxygen atoms in total. The van der Waals surface area contributed by atoms with E-state index in [1.807, 2.05) is 37.3 Å². The number of hydrogen-bond acceptors (Lipinski definition) is 4. The molecule has 0 aliphatic carbocycles. The lowest BCUT2D eigenvalue weighted by molar-refractivity contribution is 0.0988. The third-order valence-corrected chi connectivity index (χ3v) is 3.42. The molecule has 0 spiro atoms. The van der Waals surface area contributed by atoms with Gasteiger partial charge in [-0.15, -0.1) is 0 Å². The zero-order valence-electron chi connectivity index (χ0n) is 12.3. The van der Waals surface area contributed by atoms with Crippen molar-refractivity contribution in [1.29, 1.82) is 0 Å². The van der Waals surface area contributed by atoms with Gasteiger partial charge in [0.1, 0.15) is 5.75 Å². The molecule has 0 aliphatic rings. The fraction of sp³-hybridized carbons (Fsp3) is 0.235. The number of nitrogens with two attached hydrogens (primary N) is 1. The molecular weight excluding hydrogens is 264 g/mol. The standard InChI is InChI=1S/C17H20N2O2/c1-12(13-6-4-3-5-7-13)19-11-16(20)14-8-9-17(21-2)15(18)10-14/h3-10,12,19H,11,18H2,1-2H3. The maximum Gasteiger partial charge on any atom is 0.176 e. The molecule has 0 bridgehead atoms. The van der Waals surface area contributed by atoms with E-state index in [4.69, 9.17) is 10.5 Å². The van der Waals surface area contributed by atoms with Crippen LogP contribution in [0.25, 0.3) is 0 Å². The summed E-state index contributed by atoms with van der Waals surface area (Å²) in [5.74, 6) is 0.587. The topological polar surface area (TPSA) is 64.3 Å². The highest BCUT2D eigenvalue weighted by molar-refractivity contribution is 5.98. The Bertz CT molecular complexity index is 611. The number of ketones is 1. The second-order valence-corrected chi connectivity index (χ2v) is 4.89. The van der Waals surface area contributed by atoms with Crippen LogP contribution in [0.5, 0.6) is 5.75 Å². The van der Waals surface area contributed by atoms with E-state index in [1.165, 1.54) is 0 Å². The SMILES string of the molecule is COc1ccc(C(=O)CNC(C)c2ccccc2)cc1N. The molecule has 0 saturated carbocycles. The summed E-state index contributed by atoms with van der Waals surface area (Å²) in [5.41, 5.74) is 8.03. The highest BCUT2D eigenvalue weighted by Crippen LogP contribution is 2.22. The van der Waals surface area contributed by atoms with Crippen LogP contribution in [-0.2, 0) is 0 Å². The molecule has 0 heterocycles. The van der Waals surface area contributed by atoms with Crippen molar-refractivity contribution in [1.82, 2.24) is 5.32 Å². The Balaban J connectivity index is 1.97. The van der Waals surface area contributed by atoms with Crippen molar-refractivity contribution in [3.63, 3.8) is 0 Å². The molecular formula is C17H20N2O2. The zero-order chi connectivity index (χ0) is 15.2. The van der Waals surface area contributed by atoms with Crippen molar-refractivity contribution >= 4 is 11.5 Å². The fourth-order valence-electron chi connectivity index (χ4n) is 2.12. The van der Waals surface area contributed by atoms with Gasteiger partial charge in [0.25, 0.3) is 0 Å². The van der Waals surface area contributed by atoms with Crippen LogP contribution < -0.4 is 15.8 Å². The van der Waals surface area contributed by atoms with Gasteiger partial charge in [0.15, 0.2) is 5.78 Å². The van der Waals surface area contributed by atoms with Gasteiger partial charge in [-0.1, -0.05) is 30.3 Å². The Morgan fingerprint density at radius 1 is 1.24 bits per heavy atom. The van der Waals surface area contributed by atoms with Gasteiger partial charge < -0.3 is 15.8 Å². The summed E-state index contributed by atoms with van der Waals surface area (Å²) < 4.78 is 5.08. The smallest absolute Gasteiger partial charge is 0.176 e. The van der Waals surface area contributed by atoms with Crippen LogP contribution in [0.2, 0.25) is 0 Å². The number of benzene rings is 2. The Kier molecular flexibility index (Phi) is 4.95. The number of methoxy groups -OCH3 is 1. The maximum atomic E-state index is 12.2. The molecule has 0 aromatic heterocycles. The van der Waals surface area contributed by atoms with E-state index in [1.54, 1.807) is 25.3 Å². The maximum absolute atomic E-state index is 12.2. The van der Waals surface area contributed by atoms with Gasteiger partial charge >= 0.3 is 0 Å². The normalized spacial score (nSPS) is 11.9. The van der Waals surface area contributed by atoms with Crippen LogP contribution in [0.1, 0.15) is 28.9 Å². The van der Waals surface area contributed by atoms with Gasteiger partial charge in [0.2, 0.25) is 0 Å². The Labute approximate surface area is 124 Å².